The first-order chi connectivity index (χ1) is 13.3. The molecular weight excluding hydrogens is 340 g/mol. The summed E-state index contributed by atoms with van der Waals surface area (Å²) < 4.78 is 7.95. The number of imidazole rings is 1. The second-order valence-corrected chi connectivity index (χ2v) is 6.54. The Kier molecular flexibility index (Phi) is 5.16. The Balaban J connectivity index is 1.28. The molecule has 0 bridgehead atoms. The minimum Gasteiger partial charge on any atom is -0.367 e. The summed E-state index contributed by atoms with van der Waals surface area (Å²) in [5, 5.41) is 5.74. The molecule has 1 atom stereocenters. The van der Waals surface area contributed by atoms with Gasteiger partial charge in [-0.2, -0.15) is 0 Å². The van der Waals surface area contributed by atoms with Crippen molar-refractivity contribution in [1.29, 1.82) is 0 Å². The molecule has 138 valence electrons. The van der Waals surface area contributed by atoms with Crippen molar-refractivity contribution in [3.05, 3.63) is 78.2 Å². The Labute approximate surface area is 158 Å². The van der Waals surface area contributed by atoms with E-state index in [1.165, 1.54) is 0 Å². The molecule has 1 aromatic heterocycles. The lowest BCUT2D eigenvalue weighted by atomic mass is 10.2. The molecule has 0 radical (unpaired) electrons. The number of rotatable bonds is 5. The quantitative estimate of drug-likeness (QED) is 0.733. The van der Waals surface area contributed by atoms with E-state index in [0.717, 1.165) is 22.6 Å². The number of carbonyl (C=O) groups is 1. The molecule has 0 saturated carbocycles. The van der Waals surface area contributed by atoms with Crippen molar-refractivity contribution in [2.45, 2.75) is 25.8 Å². The van der Waals surface area contributed by atoms with Crippen LogP contribution in [-0.4, -0.2) is 28.2 Å². The van der Waals surface area contributed by atoms with Crippen LogP contribution in [0.4, 0.5) is 4.79 Å². The third-order valence-corrected chi connectivity index (χ3v) is 4.56. The zero-order chi connectivity index (χ0) is 18.5. The van der Waals surface area contributed by atoms with Gasteiger partial charge in [0.1, 0.15) is 12.4 Å². The second-order valence-electron chi connectivity index (χ2n) is 6.54. The molecule has 0 saturated heterocycles. The van der Waals surface area contributed by atoms with Crippen molar-refractivity contribution in [3.63, 3.8) is 0 Å². The van der Waals surface area contributed by atoms with Crippen molar-refractivity contribution in [3.8, 4) is 11.3 Å². The van der Waals surface area contributed by atoms with Gasteiger partial charge >= 0.3 is 6.03 Å². The van der Waals surface area contributed by atoms with Gasteiger partial charge in [-0.25, -0.2) is 9.78 Å². The van der Waals surface area contributed by atoms with Gasteiger partial charge in [0.15, 0.2) is 0 Å². The first kappa shape index (κ1) is 17.3. The molecule has 0 fully saturated rings. The topological polar surface area (TPSA) is 68.2 Å². The molecule has 1 aliphatic rings. The molecular formula is C21H22N4O2. The van der Waals surface area contributed by atoms with Crippen molar-refractivity contribution in [2.24, 2.45) is 0 Å². The molecule has 6 nitrogen and oxygen atoms in total. The molecule has 4 rings (SSSR count). The fourth-order valence-electron chi connectivity index (χ4n) is 3.11. The standard InChI is InChI=1S/C21H22N4O2/c26-21(22-11-16-7-3-1-4-8-16)23-12-18-13-25-14-19(24-20(25)15-27-18)17-9-5-2-6-10-17/h1-10,14,18H,11-13,15H2,(H2,22,23,26)/t18-/m0/s1. The zero-order valence-corrected chi connectivity index (χ0v) is 15.0. The molecule has 0 unspecified atom stereocenters. The van der Waals surface area contributed by atoms with E-state index in [2.05, 4.69) is 26.4 Å². The van der Waals surface area contributed by atoms with Gasteiger partial charge in [0.25, 0.3) is 0 Å². The number of fused-ring (bicyclic) bond motifs is 1. The number of nitrogens with one attached hydrogen (secondary N) is 2. The lowest BCUT2D eigenvalue weighted by molar-refractivity contribution is 0.00444. The van der Waals surface area contributed by atoms with E-state index in [1.54, 1.807) is 0 Å². The lowest BCUT2D eigenvalue weighted by Gasteiger charge is -2.24. The third-order valence-electron chi connectivity index (χ3n) is 4.56. The van der Waals surface area contributed by atoms with E-state index in [4.69, 9.17) is 4.74 Å². The maximum Gasteiger partial charge on any atom is 0.315 e. The Morgan fingerprint density at radius 3 is 2.59 bits per heavy atom. The van der Waals surface area contributed by atoms with Gasteiger partial charge in [-0.3, -0.25) is 0 Å². The molecule has 2 amide bonds. The number of carbonyl (C=O) groups excluding carboxylic acids is 1. The van der Waals surface area contributed by atoms with Crippen LogP contribution in [0.3, 0.4) is 0 Å². The van der Waals surface area contributed by atoms with Crippen LogP contribution in [0.1, 0.15) is 11.4 Å². The van der Waals surface area contributed by atoms with Gasteiger partial charge in [-0.1, -0.05) is 60.7 Å². The molecule has 2 aromatic carbocycles. The highest BCUT2D eigenvalue weighted by atomic mass is 16.5. The Morgan fingerprint density at radius 2 is 1.81 bits per heavy atom. The molecule has 3 aromatic rings. The molecule has 6 heteroatoms. The smallest absolute Gasteiger partial charge is 0.315 e. The fraction of sp³-hybridized carbons (Fsp3) is 0.238. The monoisotopic (exact) mass is 362 g/mol. The van der Waals surface area contributed by atoms with Crippen molar-refractivity contribution >= 4 is 6.03 Å². The predicted octanol–water partition coefficient (Wildman–Crippen LogP) is 2.95. The predicted molar refractivity (Wildman–Crippen MR) is 103 cm³/mol. The Bertz CT molecular complexity index is 893. The summed E-state index contributed by atoms with van der Waals surface area (Å²) in [6.45, 7) is 2.09. The Morgan fingerprint density at radius 1 is 1.07 bits per heavy atom. The van der Waals surface area contributed by atoms with Gasteiger partial charge in [0.05, 0.1) is 18.3 Å². The van der Waals surface area contributed by atoms with Crippen LogP contribution in [0.5, 0.6) is 0 Å². The number of aromatic nitrogens is 2. The van der Waals surface area contributed by atoms with E-state index >= 15 is 0 Å². The average molecular weight is 362 g/mol. The number of ether oxygens (including phenoxy) is 1. The van der Waals surface area contributed by atoms with Gasteiger partial charge in [-0.15, -0.1) is 0 Å². The maximum atomic E-state index is 12.0. The molecule has 27 heavy (non-hydrogen) atoms. The van der Waals surface area contributed by atoms with Crippen LogP contribution in [0, 0.1) is 0 Å². The zero-order valence-electron chi connectivity index (χ0n) is 15.0. The highest BCUT2D eigenvalue weighted by molar-refractivity contribution is 5.73. The second kappa shape index (κ2) is 8.05. The highest BCUT2D eigenvalue weighted by Crippen LogP contribution is 2.21. The van der Waals surface area contributed by atoms with Crippen LogP contribution in [0.2, 0.25) is 0 Å². The van der Waals surface area contributed by atoms with Crippen molar-refractivity contribution in [1.82, 2.24) is 20.2 Å². The minimum atomic E-state index is -0.191. The van der Waals surface area contributed by atoms with Gasteiger partial charge in [0.2, 0.25) is 0 Å². The van der Waals surface area contributed by atoms with Crippen molar-refractivity contribution < 1.29 is 9.53 Å². The number of amides is 2. The summed E-state index contributed by atoms with van der Waals surface area (Å²) in [6, 6.07) is 19.7. The van der Waals surface area contributed by atoms with E-state index in [0.29, 0.717) is 26.2 Å². The minimum absolute atomic E-state index is 0.0715. The first-order valence-electron chi connectivity index (χ1n) is 9.06. The third kappa shape index (κ3) is 4.35. The highest BCUT2D eigenvalue weighted by Gasteiger charge is 2.21. The lowest BCUT2D eigenvalue weighted by Crippen LogP contribution is -2.42. The molecule has 0 spiro atoms. The van der Waals surface area contributed by atoms with Gasteiger partial charge in [0, 0.05) is 24.8 Å². The van der Waals surface area contributed by atoms with Crippen LogP contribution in [0.15, 0.2) is 66.9 Å². The first-order valence-corrected chi connectivity index (χ1v) is 9.06. The van der Waals surface area contributed by atoms with Crippen LogP contribution in [0.25, 0.3) is 11.3 Å². The largest absolute Gasteiger partial charge is 0.367 e. The summed E-state index contributed by atoms with van der Waals surface area (Å²) >= 11 is 0. The average Bonchev–Trinajstić information content (AvgIpc) is 3.15. The number of hydrogen-bond donors (Lipinski definition) is 2. The maximum absolute atomic E-state index is 12.0. The fourth-order valence-corrected chi connectivity index (χ4v) is 3.11. The van der Waals surface area contributed by atoms with Crippen LogP contribution >= 0.6 is 0 Å². The molecule has 2 heterocycles. The summed E-state index contributed by atoms with van der Waals surface area (Å²) in [7, 11) is 0. The Hall–Kier alpha value is -3.12. The summed E-state index contributed by atoms with van der Waals surface area (Å²) in [5.74, 6) is 0.915. The number of hydrogen-bond acceptors (Lipinski definition) is 3. The SMILES string of the molecule is O=C(NCc1ccccc1)NC[C@H]1Cn2cc(-c3ccccc3)nc2CO1. The van der Waals surface area contributed by atoms with E-state index in [9.17, 15) is 4.79 Å². The normalized spacial score (nSPS) is 15.8. The van der Waals surface area contributed by atoms with E-state index in [-0.39, 0.29) is 12.1 Å². The van der Waals surface area contributed by atoms with Crippen LogP contribution in [-0.2, 0) is 24.4 Å². The molecule has 0 aliphatic carbocycles. The summed E-state index contributed by atoms with van der Waals surface area (Å²) in [4.78, 5) is 16.6. The van der Waals surface area contributed by atoms with E-state index < -0.39 is 0 Å². The summed E-state index contributed by atoms with van der Waals surface area (Å²) in [6.07, 6.45) is 1.98. The van der Waals surface area contributed by atoms with E-state index in [1.807, 2.05) is 60.7 Å². The number of urea groups is 1. The molecule has 1 aliphatic heterocycles. The van der Waals surface area contributed by atoms with Gasteiger partial charge < -0.3 is 19.9 Å². The van der Waals surface area contributed by atoms with Crippen molar-refractivity contribution in [2.75, 3.05) is 6.54 Å². The number of nitrogens with zero attached hydrogens (tertiary/aromatic N) is 2. The molecule has 2 N–H and O–H groups in total. The van der Waals surface area contributed by atoms with Crippen LogP contribution < -0.4 is 10.6 Å². The van der Waals surface area contributed by atoms with Gasteiger partial charge in [-0.05, 0) is 5.56 Å². The number of benzene rings is 2. The summed E-state index contributed by atoms with van der Waals surface area (Å²) in [5.41, 5.74) is 3.11.